The van der Waals surface area contributed by atoms with E-state index in [2.05, 4.69) is 6.92 Å². The SMILES string of the molecule is CCCCCCCCCCCCOC(=O)CCC(c1ccc(O)cc1)c1ccc(O)cc1. The van der Waals surface area contributed by atoms with E-state index in [-0.39, 0.29) is 23.4 Å². The van der Waals surface area contributed by atoms with Crippen molar-refractivity contribution in [2.24, 2.45) is 0 Å². The molecule has 2 rings (SSSR count). The molecule has 2 aromatic carbocycles. The van der Waals surface area contributed by atoms with Gasteiger partial charge in [-0.2, -0.15) is 0 Å². The van der Waals surface area contributed by atoms with Crippen LogP contribution in [0.15, 0.2) is 48.5 Å². The van der Waals surface area contributed by atoms with E-state index in [1.165, 1.54) is 51.4 Å². The van der Waals surface area contributed by atoms with Crippen LogP contribution in [0.5, 0.6) is 11.5 Å². The summed E-state index contributed by atoms with van der Waals surface area (Å²) in [6.45, 7) is 2.75. The van der Waals surface area contributed by atoms with E-state index in [0.29, 0.717) is 19.4 Å². The Morgan fingerprint density at radius 3 is 1.62 bits per heavy atom. The Bertz CT molecular complexity index is 707. The highest BCUT2D eigenvalue weighted by molar-refractivity contribution is 5.69. The van der Waals surface area contributed by atoms with Crippen LogP contribution in [0.25, 0.3) is 0 Å². The predicted molar refractivity (Wildman–Crippen MR) is 130 cm³/mol. The maximum Gasteiger partial charge on any atom is 0.305 e. The lowest BCUT2D eigenvalue weighted by Crippen LogP contribution is -2.09. The summed E-state index contributed by atoms with van der Waals surface area (Å²) < 4.78 is 5.46. The van der Waals surface area contributed by atoms with Crippen LogP contribution < -0.4 is 0 Å². The number of rotatable bonds is 16. The van der Waals surface area contributed by atoms with Crippen LogP contribution in [-0.2, 0) is 9.53 Å². The molecule has 0 fully saturated rings. The number of hydrogen-bond acceptors (Lipinski definition) is 4. The van der Waals surface area contributed by atoms with Gasteiger partial charge in [-0.1, -0.05) is 89.0 Å². The monoisotopic (exact) mass is 440 g/mol. The minimum Gasteiger partial charge on any atom is -0.508 e. The maximum absolute atomic E-state index is 12.3. The first-order valence-corrected chi connectivity index (χ1v) is 12.3. The number of ether oxygens (including phenoxy) is 1. The minimum atomic E-state index is -0.163. The molecule has 176 valence electrons. The Balaban J connectivity index is 1.67. The Hall–Kier alpha value is -2.49. The molecule has 0 saturated carbocycles. The molecule has 0 aliphatic carbocycles. The van der Waals surface area contributed by atoms with Gasteiger partial charge in [-0.3, -0.25) is 4.79 Å². The summed E-state index contributed by atoms with van der Waals surface area (Å²) in [6, 6.07) is 14.1. The Morgan fingerprint density at radius 1 is 0.719 bits per heavy atom. The number of phenols is 2. The molecule has 0 bridgehead atoms. The van der Waals surface area contributed by atoms with Gasteiger partial charge in [-0.25, -0.2) is 0 Å². The summed E-state index contributed by atoms with van der Waals surface area (Å²) in [5, 5.41) is 19.2. The topological polar surface area (TPSA) is 66.8 Å². The van der Waals surface area contributed by atoms with Gasteiger partial charge in [0.15, 0.2) is 0 Å². The minimum absolute atomic E-state index is 0.000997. The summed E-state index contributed by atoms with van der Waals surface area (Å²) in [5.41, 5.74) is 2.05. The maximum atomic E-state index is 12.3. The number of carbonyl (C=O) groups is 1. The molecule has 0 radical (unpaired) electrons. The number of carbonyl (C=O) groups excluding carboxylic acids is 1. The third kappa shape index (κ3) is 10.2. The molecule has 0 atom stereocenters. The zero-order valence-electron chi connectivity index (χ0n) is 19.6. The van der Waals surface area contributed by atoms with Crippen molar-refractivity contribution in [2.45, 2.75) is 89.9 Å². The second-order valence-electron chi connectivity index (χ2n) is 8.68. The van der Waals surface area contributed by atoms with Crippen LogP contribution in [-0.4, -0.2) is 22.8 Å². The molecule has 2 aromatic rings. The van der Waals surface area contributed by atoms with Gasteiger partial charge in [0.25, 0.3) is 0 Å². The molecular weight excluding hydrogens is 400 g/mol. The Morgan fingerprint density at radius 2 is 1.16 bits per heavy atom. The molecule has 0 amide bonds. The van der Waals surface area contributed by atoms with E-state index in [1.54, 1.807) is 24.3 Å². The molecule has 0 saturated heterocycles. The summed E-state index contributed by atoms with van der Waals surface area (Å²) in [6.07, 6.45) is 13.5. The normalized spacial score (nSPS) is 11.1. The van der Waals surface area contributed by atoms with Crippen LogP contribution in [0.3, 0.4) is 0 Å². The van der Waals surface area contributed by atoms with Gasteiger partial charge in [0.05, 0.1) is 6.61 Å². The van der Waals surface area contributed by atoms with Crippen molar-refractivity contribution in [2.75, 3.05) is 6.61 Å². The van der Waals surface area contributed by atoms with Gasteiger partial charge in [-0.05, 0) is 48.2 Å². The highest BCUT2D eigenvalue weighted by atomic mass is 16.5. The predicted octanol–water partition coefficient (Wildman–Crippen LogP) is 7.47. The van der Waals surface area contributed by atoms with Crippen molar-refractivity contribution in [3.63, 3.8) is 0 Å². The standard InChI is InChI=1S/C28H40O4/c1-2-3-4-5-6-7-8-9-10-11-22-32-28(31)21-20-27(23-12-16-25(29)17-13-23)24-14-18-26(30)19-15-24/h12-19,27,29-30H,2-11,20-22H2,1H3. The van der Waals surface area contributed by atoms with Gasteiger partial charge < -0.3 is 14.9 Å². The molecule has 4 heteroatoms. The second-order valence-corrected chi connectivity index (χ2v) is 8.68. The van der Waals surface area contributed by atoms with E-state index in [4.69, 9.17) is 4.74 Å². The van der Waals surface area contributed by atoms with Gasteiger partial charge in [0, 0.05) is 12.3 Å². The number of phenolic OH excluding ortho intramolecular Hbond substituents is 2. The molecule has 0 aliphatic rings. The first-order chi connectivity index (χ1) is 15.6. The van der Waals surface area contributed by atoms with E-state index >= 15 is 0 Å². The zero-order chi connectivity index (χ0) is 23.0. The van der Waals surface area contributed by atoms with Crippen LogP contribution >= 0.6 is 0 Å². The lowest BCUT2D eigenvalue weighted by Gasteiger charge is -2.18. The summed E-state index contributed by atoms with van der Waals surface area (Å²) in [5.74, 6) is 0.271. The van der Waals surface area contributed by atoms with Gasteiger partial charge in [0.1, 0.15) is 11.5 Å². The summed E-state index contributed by atoms with van der Waals surface area (Å²) >= 11 is 0. The number of esters is 1. The molecule has 2 N–H and O–H groups in total. The molecule has 0 aliphatic heterocycles. The average molecular weight is 441 g/mol. The molecular formula is C28H40O4. The number of unbranched alkanes of at least 4 members (excludes halogenated alkanes) is 9. The lowest BCUT2D eigenvalue weighted by molar-refractivity contribution is -0.143. The Labute approximate surface area is 193 Å². The first-order valence-electron chi connectivity index (χ1n) is 12.3. The quantitative estimate of drug-likeness (QED) is 0.210. The second kappa shape index (κ2) is 15.3. The number of hydrogen-bond donors (Lipinski definition) is 2. The fourth-order valence-corrected chi connectivity index (χ4v) is 4.05. The van der Waals surface area contributed by atoms with E-state index in [1.807, 2.05) is 24.3 Å². The molecule has 32 heavy (non-hydrogen) atoms. The molecule has 0 aromatic heterocycles. The highest BCUT2D eigenvalue weighted by Crippen LogP contribution is 2.31. The fourth-order valence-electron chi connectivity index (χ4n) is 4.05. The highest BCUT2D eigenvalue weighted by Gasteiger charge is 2.17. The smallest absolute Gasteiger partial charge is 0.305 e. The lowest BCUT2D eigenvalue weighted by atomic mass is 9.87. The molecule has 0 unspecified atom stereocenters. The van der Waals surface area contributed by atoms with Crippen molar-refractivity contribution < 1.29 is 19.7 Å². The van der Waals surface area contributed by atoms with Crippen molar-refractivity contribution in [1.29, 1.82) is 0 Å². The molecule has 4 nitrogen and oxygen atoms in total. The van der Waals surface area contributed by atoms with E-state index < -0.39 is 0 Å². The Kier molecular flexibility index (Phi) is 12.3. The molecule has 0 spiro atoms. The fraction of sp³-hybridized carbons (Fsp3) is 0.536. The number of aromatic hydroxyl groups is 2. The van der Waals surface area contributed by atoms with E-state index in [0.717, 1.165) is 24.0 Å². The molecule has 0 heterocycles. The van der Waals surface area contributed by atoms with Crippen LogP contribution in [0.4, 0.5) is 0 Å². The average Bonchev–Trinajstić information content (AvgIpc) is 2.80. The van der Waals surface area contributed by atoms with Crippen molar-refractivity contribution >= 4 is 5.97 Å². The van der Waals surface area contributed by atoms with Crippen LogP contribution in [0.2, 0.25) is 0 Å². The zero-order valence-corrected chi connectivity index (χ0v) is 19.6. The number of benzene rings is 2. The summed E-state index contributed by atoms with van der Waals surface area (Å²) in [7, 11) is 0. The largest absolute Gasteiger partial charge is 0.508 e. The van der Waals surface area contributed by atoms with E-state index in [9.17, 15) is 15.0 Å². The van der Waals surface area contributed by atoms with Gasteiger partial charge >= 0.3 is 5.97 Å². The van der Waals surface area contributed by atoms with Gasteiger partial charge in [0.2, 0.25) is 0 Å². The van der Waals surface area contributed by atoms with Crippen molar-refractivity contribution in [3.05, 3.63) is 59.7 Å². The third-order valence-corrected chi connectivity index (χ3v) is 5.99. The van der Waals surface area contributed by atoms with Crippen LogP contribution in [0, 0.1) is 0 Å². The van der Waals surface area contributed by atoms with Gasteiger partial charge in [-0.15, -0.1) is 0 Å². The summed E-state index contributed by atoms with van der Waals surface area (Å²) in [4.78, 5) is 12.3. The van der Waals surface area contributed by atoms with Crippen molar-refractivity contribution in [1.82, 2.24) is 0 Å². The first kappa shape index (κ1) is 25.8. The van der Waals surface area contributed by atoms with Crippen LogP contribution in [0.1, 0.15) is 101 Å². The third-order valence-electron chi connectivity index (χ3n) is 5.99. The van der Waals surface area contributed by atoms with Crippen molar-refractivity contribution in [3.8, 4) is 11.5 Å².